The molecular formula is C16H21N5O. The molecule has 0 aliphatic carbocycles. The van der Waals surface area contributed by atoms with E-state index in [4.69, 9.17) is 10.00 Å². The Hall–Kier alpha value is -2.39. The van der Waals surface area contributed by atoms with Crippen LogP contribution in [0.5, 0.6) is 0 Å². The first-order valence-corrected chi connectivity index (χ1v) is 7.20. The first-order chi connectivity index (χ1) is 10.6. The second-order valence-electron chi connectivity index (χ2n) is 5.19. The zero-order valence-corrected chi connectivity index (χ0v) is 13.5. The maximum absolute atomic E-state index is 9.04. The van der Waals surface area contributed by atoms with Gasteiger partial charge in [0.2, 0.25) is 0 Å². The molecule has 0 aliphatic rings. The van der Waals surface area contributed by atoms with Gasteiger partial charge in [0.25, 0.3) is 0 Å². The van der Waals surface area contributed by atoms with Gasteiger partial charge in [-0.2, -0.15) is 10.4 Å². The lowest BCUT2D eigenvalue weighted by Crippen LogP contribution is -2.09. The fraction of sp³-hybridized carbons (Fsp3) is 0.438. The third-order valence-electron chi connectivity index (χ3n) is 3.69. The van der Waals surface area contributed by atoms with Gasteiger partial charge in [0, 0.05) is 24.9 Å². The maximum atomic E-state index is 9.04. The summed E-state index contributed by atoms with van der Waals surface area (Å²) in [5.74, 6) is 0.700. The summed E-state index contributed by atoms with van der Waals surface area (Å²) in [6.07, 6.45) is 0. The fourth-order valence-corrected chi connectivity index (χ4v) is 2.30. The molecule has 0 radical (unpaired) electrons. The Balaban J connectivity index is 2.12. The Morgan fingerprint density at radius 3 is 2.77 bits per heavy atom. The van der Waals surface area contributed by atoms with Gasteiger partial charge in [-0.05, 0) is 32.4 Å². The summed E-state index contributed by atoms with van der Waals surface area (Å²) < 4.78 is 7.06. The van der Waals surface area contributed by atoms with Gasteiger partial charge in [-0.3, -0.25) is 4.68 Å². The van der Waals surface area contributed by atoms with Gasteiger partial charge in [0.1, 0.15) is 17.6 Å². The molecular weight excluding hydrogens is 278 g/mol. The van der Waals surface area contributed by atoms with Crippen LogP contribution in [0.4, 0.5) is 5.82 Å². The van der Waals surface area contributed by atoms with E-state index < -0.39 is 0 Å². The minimum atomic E-state index is 0.453. The Morgan fingerprint density at radius 2 is 2.09 bits per heavy atom. The van der Waals surface area contributed by atoms with Crippen molar-refractivity contribution in [2.45, 2.75) is 33.9 Å². The van der Waals surface area contributed by atoms with Crippen LogP contribution in [0.15, 0.2) is 12.1 Å². The van der Waals surface area contributed by atoms with Gasteiger partial charge < -0.3 is 10.1 Å². The van der Waals surface area contributed by atoms with Gasteiger partial charge in [0.15, 0.2) is 0 Å². The third kappa shape index (κ3) is 3.43. The van der Waals surface area contributed by atoms with Crippen LogP contribution in [0.25, 0.3) is 0 Å². The molecule has 22 heavy (non-hydrogen) atoms. The minimum absolute atomic E-state index is 0.453. The largest absolute Gasteiger partial charge is 0.383 e. The van der Waals surface area contributed by atoms with Gasteiger partial charge in [-0.1, -0.05) is 6.07 Å². The lowest BCUT2D eigenvalue weighted by atomic mass is 10.2. The Labute approximate surface area is 130 Å². The van der Waals surface area contributed by atoms with Gasteiger partial charge >= 0.3 is 0 Å². The first-order valence-electron chi connectivity index (χ1n) is 7.20. The number of anilines is 1. The molecule has 0 fully saturated rings. The molecule has 0 amide bonds. The molecule has 2 heterocycles. The summed E-state index contributed by atoms with van der Waals surface area (Å²) in [5.41, 5.74) is 4.60. The highest BCUT2D eigenvalue weighted by molar-refractivity contribution is 5.43. The van der Waals surface area contributed by atoms with Gasteiger partial charge in [0.05, 0.1) is 18.8 Å². The molecule has 6 heteroatoms. The summed E-state index contributed by atoms with van der Waals surface area (Å²) in [7, 11) is 1.68. The van der Waals surface area contributed by atoms with Crippen molar-refractivity contribution in [3.63, 3.8) is 0 Å². The number of methoxy groups -OCH3 is 1. The van der Waals surface area contributed by atoms with Gasteiger partial charge in [-0.15, -0.1) is 0 Å². The molecule has 1 N–H and O–H groups in total. The number of hydrogen-bond donors (Lipinski definition) is 1. The van der Waals surface area contributed by atoms with Crippen LogP contribution < -0.4 is 5.32 Å². The topological polar surface area (TPSA) is 75.8 Å². The summed E-state index contributed by atoms with van der Waals surface area (Å²) in [6.45, 7) is 7.94. The second kappa shape index (κ2) is 7.05. The smallest absolute Gasteiger partial charge is 0.145 e. The highest BCUT2D eigenvalue weighted by Gasteiger charge is 2.11. The Kier molecular flexibility index (Phi) is 5.12. The van der Waals surface area contributed by atoms with E-state index in [1.807, 2.05) is 30.7 Å². The van der Waals surface area contributed by atoms with Crippen molar-refractivity contribution in [2.24, 2.45) is 0 Å². The molecule has 2 aromatic rings. The number of nitrogens with one attached hydrogen (secondary N) is 1. The van der Waals surface area contributed by atoms with Crippen molar-refractivity contribution in [3.8, 4) is 6.07 Å². The SMILES string of the molecule is COCCn1nc(C)c(CNc2ccc(C)c(C#N)n2)c1C. The van der Waals surface area contributed by atoms with E-state index in [1.54, 1.807) is 7.11 Å². The molecule has 0 bridgehead atoms. The summed E-state index contributed by atoms with van der Waals surface area (Å²) >= 11 is 0. The monoisotopic (exact) mass is 299 g/mol. The number of nitriles is 1. The molecule has 0 aliphatic heterocycles. The van der Waals surface area contributed by atoms with Crippen LogP contribution in [0.2, 0.25) is 0 Å². The molecule has 0 aromatic carbocycles. The predicted molar refractivity (Wildman–Crippen MR) is 84.6 cm³/mol. The Morgan fingerprint density at radius 1 is 1.32 bits per heavy atom. The summed E-state index contributed by atoms with van der Waals surface area (Å²) in [4.78, 5) is 4.30. The van der Waals surface area contributed by atoms with Crippen molar-refractivity contribution in [3.05, 3.63) is 40.3 Å². The van der Waals surface area contributed by atoms with Crippen molar-refractivity contribution < 1.29 is 4.74 Å². The van der Waals surface area contributed by atoms with Crippen LogP contribution in [0, 0.1) is 32.1 Å². The standard InChI is InChI=1S/C16H21N5O/c1-11-5-6-16(19-15(11)9-17)18-10-14-12(2)20-21(13(14)3)7-8-22-4/h5-6H,7-8,10H2,1-4H3,(H,18,19). The number of aryl methyl sites for hydroxylation is 2. The molecule has 6 nitrogen and oxygen atoms in total. The van der Waals surface area contributed by atoms with E-state index in [-0.39, 0.29) is 0 Å². The van der Waals surface area contributed by atoms with E-state index in [9.17, 15) is 0 Å². The Bertz CT molecular complexity index is 699. The average molecular weight is 299 g/mol. The number of ether oxygens (including phenoxy) is 1. The van der Waals surface area contributed by atoms with Crippen LogP contribution >= 0.6 is 0 Å². The number of nitrogens with zero attached hydrogens (tertiary/aromatic N) is 4. The van der Waals surface area contributed by atoms with Crippen LogP contribution in [-0.2, 0) is 17.8 Å². The molecule has 0 atom stereocenters. The number of aromatic nitrogens is 3. The van der Waals surface area contributed by atoms with Crippen molar-refractivity contribution >= 4 is 5.82 Å². The number of hydrogen-bond acceptors (Lipinski definition) is 5. The quantitative estimate of drug-likeness (QED) is 0.886. The predicted octanol–water partition coefficient (Wildman–Crippen LogP) is 2.33. The lowest BCUT2D eigenvalue weighted by molar-refractivity contribution is 0.182. The molecule has 0 unspecified atom stereocenters. The molecule has 2 aromatic heterocycles. The van der Waals surface area contributed by atoms with Crippen molar-refractivity contribution in [2.75, 3.05) is 19.0 Å². The highest BCUT2D eigenvalue weighted by atomic mass is 16.5. The zero-order valence-electron chi connectivity index (χ0n) is 13.5. The van der Waals surface area contributed by atoms with Crippen LogP contribution in [0.1, 0.15) is 28.2 Å². The van der Waals surface area contributed by atoms with E-state index in [1.165, 1.54) is 0 Å². The normalized spacial score (nSPS) is 10.5. The third-order valence-corrected chi connectivity index (χ3v) is 3.69. The maximum Gasteiger partial charge on any atom is 0.145 e. The first kappa shape index (κ1) is 16.0. The molecule has 2 rings (SSSR count). The van der Waals surface area contributed by atoms with Gasteiger partial charge in [-0.25, -0.2) is 4.98 Å². The second-order valence-corrected chi connectivity index (χ2v) is 5.19. The average Bonchev–Trinajstić information content (AvgIpc) is 2.78. The van der Waals surface area contributed by atoms with E-state index in [2.05, 4.69) is 28.4 Å². The van der Waals surface area contributed by atoms with E-state index in [0.29, 0.717) is 24.7 Å². The van der Waals surface area contributed by atoms with Crippen LogP contribution in [-0.4, -0.2) is 28.5 Å². The highest BCUT2D eigenvalue weighted by Crippen LogP contribution is 2.16. The molecule has 116 valence electrons. The van der Waals surface area contributed by atoms with Crippen molar-refractivity contribution in [1.82, 2.24) is 14.8 Å². The molecule has 0 saturated heterocycles. The minimum Gasteiger partial charge on any atom is -0.383 e. The summed E-state index contributed by atoms with van der Waals surface area (Å²) in [5, 5.41) is 16.8. The fourth-order valence-electron chi connectivity index (χ4n) is 2.30. The number of pyridine rings is 1. The van der Waals surface area contributed by atoms with Crippen LogP contribution in [0.3, 0.4) is 0 Å². The summed E-state index contributed by atoms with van der Waals surface area (Å²) in [6, 6.07) is 5.89. The molecule has 0 saturated carbocycles. The van der Waals surface area contributed by atoms with E-state index >= 15 is 0 Å². The molecule has 0 spiro atoms. The van der Waals surface area contributed by atoms with Crippen molar-refractivity contribution in [1.29, 1.82) is 5.26 Å². The number of rotatable bonds is 6. The zero-order chi connectivity index (χ0) is 16.1. The van der Waals surface area contributed by atoms with E-state index in [0.717, 1.165) is 29.1 Å². The lowest BCUT2D eigenvalue weighted by Gasteiger charge is -2.08.